The number of guanidine groups is 1. The van der Waals surface area contributed by atoms with E-state index < -0.39 is 0 Å². The molecule has 0 aliphatic carbocycles. The summed E-state index contributed by atoms with van der Waals surface area (Å²) in [7, 11) is 1.76. The highest BCUT2D eigenvalue weighted by molar-refractivity contribution is 5.79. The number of benzene rings is 1. The molecule has 1 fully saturated rings. The van der Waals surface area contributed by atoms with Crippen LogP contribution in [0.1, 0.15) is 42.3 Å². The molecule has 2 heterocycles. The fourth-order valence-electron chi connectivity index (χ4n) is 3.04. The van der Waals surface area contributed by atoms with Crippen LogP contribution >= 0.6 is 0 Å². The molecule has 1 aromatic heterocycles. The summed E-state index contributed by atoms with van der Waals surface area (Å²) in [5, 5.41) is 10.7. The second kappa shape index (κ2) is 10.2. The Balaban J connectivity index is 1.43. The molecule has 1 aromatic carbocycles. The molecule has 0 radical (unpaired) electrons. The minimum Gasteiger partial charge on any atom is -0.379 e. The Hall–Kier alpha value is -2.38. The Morgan fingerprint density at radius 3 is 2.43 bits per heavy atom. The molecule has 0 unspecified atom stereocenters. The van der Waals surface area contributed by atoms with Crippen molar-refractivity contribution >= 4 is 5.96 Å². The SMILES string of the molecule is CN=C(NCc1ccc(CN2CCOCC2)cc1)NCc1cc(C(C)C)no1. The molecule has 7 heteroatoms. The van der Waals surface area contributed by atoms with Crippen LogP contribution in [0.2, 0.25) is 0 Å². The first-order chi connectivity index (χ1) is 13.6. The molecule has 0 saturated carbocycles. The van der Waals surface area contributed by atoms with Crippen LogP contribution < -0.4 is 10.6 Å². The number of aliphatic imine (C=N–C) groups is 1. The molecule has 1 aliphatic heterocycles. The summed E-state index contributed by atoms with van der Waals surface area (Å²) in [6.07, 6.45) is 0. The Morgan fingerprint density at radius 2 is 1.79 bits per heavy atom. The van der Waals surface area contributed by atoms with Crippen molar-refractivity contribution in [3.05, 3.63) is 52.9 Å². The van der Waals surface area contributed by atoms with Gasteiger partial charge in [-0.3, -0.25) is 9.89 Å². The van der Waals surface area contributed by atoms with Crippen LogP contribution in [0.3, 0.4) is 0 Å². The molecule has 0 bridgehead atoms. The standard InChI is InChI=1S/C21H31N5O2/c1-16(2)20-12-19(28-25-20)14-24-21(22-3)23-13-17-4-6-18(7-5-17)15-26-8-10-27-11-9-26/h4-7,12,16H,8-11,13-15H2,1-3H3,(H2,22,23,24). The summed E-state index contributed by atoms with van der Waals surface area (Å²) in [4.78, 5) is 6.70. The lowest BCUT2D eigenvalue weighted by Crippen LogP contribution is -2.36. The van der Waals surface area contributed by atoms with Gasteiger partial charge in [-0.05, 0) is 17.0 Å². The van der Waals surface area contributed by atoms with E-state index in [0.717, 1.165) is 50.3 Å². The van der Waals surface area contributed by atoms with E-state index in [1.165, 1.54) is 11.1 Å². The van der Waals surface area contributed by atoms with Gasteiger partial charge in [0.2, 0.25) is 0 Å². The number of morpholine rings is 1. The van der Waals surface area contributed by atoms with Gasteiger partial charge in [0.15, 0.2) is 11.7 Å². The van der Waals surface area contributed by atoms with Crippen LogP contribution in [0.4, 0.5) is 0 Å². The van der Waals surface area contributed by atoms with Crippen LogP contribution in [0.15, 0.2) is 39.8 Å². The predicted molar refractivity (Wildman–Crippen MR) is 110 cm³/mol. The van der Waals surface area contributed by atoms with Gasteiger partial charge >= 0.3 is 0 Å². The zero-order chi connectivity index (χ0) is 19.8. The molecule has 0 amide bonds. The van der Waals surface area contributed by atoms with Gasteiger partial charge in [0.25, 0.3) is 0 Å². The monoisotopic (exact) mass is 385 g/mol. The maximum absolute atomic E-state index is 5.40. The number of hydrogen-bond donors (Lipinski definition) is 2. The van der Waals surface area contributed by atoms with E-state index in [2.05, 4.69) is 63.8 Å². The number of nitrogens with zero attached hydrogens (tertiary/aromatic N) is 3. The molecule has 3 rings (SSSR count). The Kier molecular flexibility index (Phi) is 7.45. The fraction of sp³-hybridized carbons (Fsp3) is 0.524. The normalized spacial score (nSPS) is 15.8. The molecule has 152 valence electrons. The van der Waals surface area contributed by atoms with Crippen LogP contribution in [-0.4, -0.2) is 49.4 Å². The highest BCUT2D eigenvalue weighted by Crippen LogP contribution is 2.13. The van der Waals surface area contributed by atoms with Crippen LogP contribution in [0.25, 0.3) is 0 Å². The minimum atomic E-state index is 0.362. The summed E-state index contributed by atoms with van der Waals surface area (Å²) in [5.74, 6) is 1.90. The van der Waals surface area contributed by atoms with Gasteiger partial charge in [-0.1, -0.05) is 43.3 Å². The van der Waals surface area contributed by atoms with Crippen molar-refractivity contribution in [3.8, 4) is 0 Å². The average molecular weight is 386 g/mol. The molecular weight excluding hydrogens is 354 g/mol. The highest BCUT2D eigenvalue weighted by Gasteiger charge is 2.11. The predicted octanol–water partition coefficient (Wildman–Crippen LogP) is 2.50. The number of nitrogens with one attached hydrogen (secondary N) is 2. The summed E-state index contributed by atoms with van der Waals surface area (Å²) in [5.41, 5.74) is 3.52. The molecular formula is C21H31N5O2. The third kappa shape index (κ3) is 6.07. The Morgan fingerprint density at radius 1 is 1.11 bits per heavy atom. The van der Waals surface area contributed by atoms with Gasteiger partial charge in [0, 0.05) is 39.3 Å². The fourth-order valence-corrected chi connectivity index (χ4v) is 3.04. The van der Waals surface area contributed by atoms with E-state index in [1.54, 1.807) is 7.05 Å². The lowest BCUT2D eigenvalue weighted by molar-refractivity contribution is 0.0342. The Labute approximate surface area is 167 Å². The zero-order valence-corrected chi connectivity index (χ0v) is 17.1. The van der Waals surface area contributed by atoms with Crippen molar-refractivity contribution in [1.82, 2.24) is 20.7 Å². The molecule has 1 saturated heterocycles. The second-order valence-electron chi connectivity index (χ2n) is 7.36. The van der Waals surface area contributed by atoms with E-state index in [0.29, 0.717) is 19.0 Å². The van der Waals surface area contributed by atoms with Crippen molar-refractivity contribution in [2.75, 3.05) is 33.4 Å². The summed E-state index contributed by atoms with van der Waals surface area (Å²) >= 11 is 0. The van der Waals surface area contributed by atoms with Crippen molar-refractivity contribution in [2.24, 2.45) is 4.99 Å². The maximum Gasteiger partial charge on any atom is 0.191 e. The first-order valence-corrected chi connectivity index (χ1v) is 9.92. The molecule has 28 heavy (non-hydrogen) atoms. The van der Waals surface area contributed by atoms with Gasteiger partial charge in [0.05, 0.1) is 25.5 Å². The van der Waals surface area contributed by atoms with E-state index in [9.17, 15) is 0 Å². The van der Waals surface area contributed by atoms with Crippen molar-refractivity contribution in [1.29, 1.82) is 0 Å². The quantitative estimate of drug-likeness (QED) is 0.563. The summed E-state index contributed by atoms with van der Waals surface area (Å²) < 4.78 is 10.8. The van der Waals surface area contributed by atoms with Crippen LogP contribution in [0.5, 0.6) is 0 Å². The minimum absolute atomic E-state index is 0.362. The molecule has 7 nitrogen and oxygen atoms in total. The van der Waals surface area contributed by atoms with Gasteiger partial charge in [0.1, 0.15) is 0 Å². The summed E-state index contributed by atoms with van der Waals surface area (Å²) in [6.45, 7) is 10.1. The number of ether oxygens (including phenoxy) is 1. The Bertz CT molecular complexity index is 748. The van der Waals surface area contributed by atoms with Crippen molar-refractivity contribution in [3.63, 3.8) is 0 Å². The van der Waals surface area contributed by atoms with E-state index in [4.69, 9.17) is 9.26 Å². The molecule has 2 aromatic rings. The third-order valence-corrected chi connectivity index (χ3v) is 4.82. The topological polar surface area (TPSA) is 74.9 Å². The third-order valence-electron chi connectivity index (χ3n) is 4.82. The summed E-state index contributed by atoms with van der Waals surface area (Å²) in [6, 6.07) is 10.7. The average Bonchev–Trinajstić information content (AvgIpc) is 3.19. The van der Waals surface area contributed by atoms with Gasteiger partial charge in [-0.2, -0.15) is 0 Å². The zero-order valence-electron chi connectivity index (χ0n) is 17.1. The van der Waals surface area contributed by atoms with Gasteiger partial charge in [-0.25, -0.2) is 0 Å². The van der Waals surface area contributed by atoms with Crippen molar-refractivity contribution < 1.29 is 9.26 Å². The van der Waals surface area contributed by atoms with Crippen molar-refractivity contribution in [2.45, 2.75) is 39.4 Å². The van der Waals surface area contributed by atoms with Gasteiger partial charge in [-0.15, -0.1) is 0 Å². The molecule has 0 atom stereocenters. The molecule has 2 N–H and O–H groups in total. The van der Waals surface area contributed by atoms with E-state index in [1.807, 2.05) is 6.07 Å². The number of hydrogen-bond acceptors (Lipinski definition) is 5. The molecule has 1 aliphatic rings. The smallest absolute Gasteiger partial charge is 0.191 e. The largest absolute Gasteiger partial charge is 0.379 e. The lowest BCUT2D eigenvalue weighted by atomic mass is 10.1. The van der Waals surface area contributed by atoms with E-state index >= 15 is 0 Å². The number of rotatable bonds is 7. The van der Waals surface area contributed by atoms with Gasteiger partial charge < -0.3 is 19.9 Å². The van der Waals surface area contributed by atoms with Crippen LogP contribution in [-0.2, 0) is 24.4 Å². The van der Waals surface area contributed by atoms with E-state index in [-0.39, 0.29) is 0 Å². The lowest BCUT2D eigenvalue weighted by Gasteiger charge is -2.26. The highest BCUT2D eigenvalue weighted by atomic mass is 16.5. The second-order valence-corrected chi connectivity index (χ2v) is 7.36. The molecule has 0 spiro atoms. The maximum atomic E-state index is 5.40. The van der Waals surface area contributed by atoms with Crippen LogP contribution in [0, 0.1) is 0 Å². The number of aromatic nitrogens is 1. The first kappa shape index (κ1) is 20.4. The first-order valence-electron chi connectivity index (χ1n) is 9.92.